The molecule has 248 valence electrons. The van der Waals surface area contributed by atoms with Crippen molar-refractivity contribution >= 4 is 0 Å². The maximum absolute atomic E-state index is 10.1. The average Bonchev–Trinajstić information content (AvgIpc) is 3.14. The van der Waals surface area contributed by atoms with Crippen LogP contribution in [0.4, 0.5) is 0 Å². The maximum atomic E-state index is 10.1. The smallest absolute Gasteiger partial charge is 0.117 e. The van der Waals surface area contributed by atoms with E-state index in [1.807, 2.05) is 91.0 Å². The largest absolute Gasteiger partial charge is 0.392 e. The van der Waals surface area contributed by atoms with Crippen LogP contribution < -0.4 is 0 Å². The predicted molar refractivity (Wildman–Crippen MR) is 186 cm³/mol. The van der Waals surface area contributed by atoms with Crippen molar-refractivity contribution in [2.75, 3.05) is 6.61 Å². The number of benzene rings is 5. The molecule has 1 aliphatic heterocycles. The topological polar surface area (TPSA) is 66.4 Å². The molecule has 6 nitrogen and oxygen atoms in total. The van der Waals surface area contributed by atoms with E-state index in [0.717, 1.165) is 38.9 Å². The zero-order valence-electron chi connectivity index (χ0n) is 27.4. The first kappa shape index (κ1) is 33.7. The second kappa shape index (κ2) is 17.3. The number of rotatable bonds is 15. The van der Waals surface area contributed by atoms with E-state index in [1.54, 1.807) is 0 Å². The molecule has 6 heteroatoms. The normalized spacial score (nSPS) is 20.8. The SMILES string of the molecule is Cc1ccc(CO)cc1[C@@H]1O[C@H](COCc2ccccc2)[C@@H](OCc2ccccc2)[C@H](OCc2ccccc2)[C@H]1OCc1ccccc1. The van der Waals surface area contributed by atoms with Crippen LogP contribution in [0, 0.1) is 6.92 Å². The fraction of sp³-hybridized carbons (Fsp3) is 0.286. The molecule has 1 fully saturated rings. The minimum absolute atomic E-state index is 0.0735. The highest BCUT2D eigenvalue weighted by Gasteiger charge is 2.49. The highest BCUT2D eigenvalue weighted by atomic mass is 16.6. The van der Waals surface area contributed by atoms with Crippen LogP contribution in [0.2, 0.25) is 0 Å². The van der Waals surface area contributed by atoms with E-state index in [2.05, 4.69) is 55.5 Å². The monoisotopic (exact) mass is 644 g/mol. The van der Waals surface area contributed by atoms with Gasteiger partial charge in [-0.1, -0.05) is 140 Å². The summed E-state index contributed by atoms with van der Waals surface area (Å²) in [4.78, 5) is 0. The van der Waals surface area contributed by atoms with Gasteiger partial charge in [0.1, 0.15) is 30.5 Å². The third-order valence-corrected chi connectivity index (χ3v) is 8.72. The van der Waals surface area contributed by atoms with Crippen molar-refractivity contribution in [3.05, 3.63) is 178 Å². The summed E-state index contributed by atoms with van der Waals surface area (Å²) in [5, 5.41) is 10.1. The third-order valence-electron chi connectivity index (χ3n) is 8.72. The summed E-state index contributed by atoms with van der Waals surface area (Å²) in [5.41, 5.74) is 7.04. The standard InChI is InChI=1S/C42H44O6/c1-31-22-23-36(25-43)24-37(31)39-41(46-28-34-18-10-4-11-19-34)42(47-29-35-20-12-5-13-21-35)40(45-27-33-16-8-3-9-17-33)38(48-39)30-44-26-32-14-6-2-7-15-32/h2-24,38-43H,25-30H2,1H3/t38-,39+,40-,41+,42+/m1/s1. The van der Waals surface area contributed by atoms with Crippen LogP contribution in [0.25, 0.3) is 0 Å². The fourth-order valence-corrected chi connectivity index (χ4v) is 6.13. The van der Waals surface area contributed by atoms with Gasteiger partial charge in [-0.3, -0.25) is 0 Å². The van der Waals surface area contributed by atoms with E-state index < -0.39 is 30.5 Å². The van der Waals surface area contributed by atoms with Crippen LogP contribution in [-0.2, 0) is 56.7 Å². The Labute approximate surface area is 283 Å². The molecule has 5 atom stereocenters. The van der Waals surface area contributed by atoms with E-state index in [-0.39, 0.29) is 6.61 Å². The summed E-state index contributed by atoms with van der Waals surface area (Å²) in [5.74, 6) is 0. The van der Waals surface area contributed by atoms with E-state index >= 15 is 0 Å². The Hall–Kier alpha value is -4.14. The first-order chi connectivity index (χ1) is 23.7. The van der Waals surface area contributed by atoms with Crippen molar-refractivity contribution in [3.63, 3.8) is 0 Å². The molecule has 0 aromatic heterocycles. The lowest BCUT2D eigenvalue weighted by Gasteiger charge is -2.47. The zero-order valence-corrected chi connectivity index (χ0v) is 27.4. The molecule has 48 heavy (non-hydrogen) atoms. The summed E-state index contributed by atoms with van der Waals surface area (Å²) in [7, 11) is 0. The Kier molecular flexibility index (Phi) is 12.2. The maximum Gasteiger partial charge on any atom is 0.117 e. The van der Waals surface area contributed by atoms with Crippen LogP contribution in [-0.4, -0.2) is 36.1 Å². The number of hydrogen-bond acceptors (Lipinski definition) is 6. The second-order valence-corrected chi connectivity index (χ2v) is 12.2. The number of aryl methyl sites for hydroxylation is 1. The van der Waals surface area contributed by atoms with Crippen LogP contribution in [0.5, 0.6) is 0 Å². The Morgan fingerprint density at radius 1 is 0.521 bits per heavy atom. The molecule has 5 aromatic rings. The Morgan fingerprint density at radius 2 is 0.979 bits per heavy atom. The van der Waals surface area contributed by atoms with Gasteiger partial charge in [-0.25, -0.2) is 0 Å². The highest BCUT2D eigenvalue weighted by Crippen LogP contribution is 2.40. The first-order valence-electron chi connectivity index (χ1n) is 16.6. The van der Waals surface area contributed by atoms with Gasteiger partial charge in [-0.2, -0.15) is 0 Å². The minimum Gasteiger partial charge on any atom is -0.392 e. The lowest BCUT2D eigenvalue weighted by Crippen LogP contribution is -2.58. The second-order valence-electron chi connectivity index (χ2n) is 12.2. The summed E-state index contributed by atoms with van der Waals surface area (Å²) < 4.78 is 33.9. The molecule has 0 spiro atoms. The highest BCUT2D eigenvalue weighted by molar-refractivity contribution is 5.34. The van der Waals surface area contributed by atoms with Crippen molar-refractivity contribution in [1.29, 1.82) is 0 Å². The van der Waals surface area contributed by atoms with Crippen molar-refractivity contribution in [3.8, 4) is 0 Å². The van der Waals surface area contributed by atoms with E-state index in [4.69, 9.17) is 23.7 Å². The number of aliphatic hydroxyl groups is 1. The van der Waals surface area contributed by atoms with Gasteiger partial charge in [-0.15, -0.1) is 0 Å². The van der Waals surface area contributed by atoms with E-state index in [9.17, 15) is 5.11 Å². The van der Waals surface area contributed by atoms with E-state index in [0.29, 0.717) is 33.0 Å². The number of aliphatic hydroxyl groups excluding tert-OH is 1. The Balaban J connectivity index is 1.37. The summed E-state index contributed by atoms with van der Waals surface area (Å²) in [6, 6.07) is 46.5. The molecule has 1 N–H and O–H groups in total. The molecule has 6 rings (SSSR count). The van der Waals surface area contributed by atoms with Crippen molar-refractivity contribution in [1.82, 2.24) is 0 Å². The fourth-order valence-electron chi connectivity index (χ4n) is 6.13. The molecule has 0 bridgehead atoms. The van der Waals surface area contributed by atoms with Gasteiger partial charge in [-0.05, 0) is 45.9 Å². The zero-order chi connectivity index (χ0) is 33.0. The van der Waals surface area contributed by atoms with Gasteiger partial charge in [0.2, 0.25) is 0 Å². The van der Waals surface area contributed by atoms with E-state index in [1.165, 1.54) is 0 Å². The number of ether oxygens (including phenoxy) is 5. The molecular weight excluding hydrogens is 600 g/mol. The molecule has 5 aromatic carbocycles. The van der Waals surface area contributed by atoms with Crippen molar-refractivity contribution in [2.45, 2.75) is 70.5 Å². The predicted octanol–water partition coefficient (Wildman–Crippen LogP) is 7.90. The number of hydrogen-bond donors (Lipinski definition) is 1. The van der Waals surface area contributed by atoms with Crippen LogP contribution in [0.3, 0.4) is 0 Å². The van der Waals surface area contributed by atoms with Gasteiger partial charge in [0.15, 0.2) is 0 Å². The molecule has 1 heterocycles. The van der Waals surface area contributed by atoms with Gasteiger partial charge < -0.3 is 28.8 Å². The van der Waals surface area contributed by atoms with Gasteiger partial charge in [0.05, 0.1) is 39.6 Å². The molecule has 0 amide bonds. The van der Waals surface area contributed by atoms with Crippen LogP contribution in [0.15, 0.2) is 140 Å². The lowest BCUT2D eigenvalue weighted by molar-refractivity contribution is -0.275. The Bertz CT molecular complexity index is 1650. The quantitative estimate of drug-likeness (QED) is 0.125. The van der Waals surface area contributed by atoms with Gasteiger partial charge in [0, 0.05) is 0 Å². The first-order valence-corrected chi connectivity index (χ1v) is 16.6. The minimum atomic E-state index is -0.535. The van der Waals surface area contributed by atoms with Crippen LogP contribution in [0.1, 0.15) is 45.0 Å². The average molecular weight is 645 g/mol. The summed E-state index contributed by atoms with van der Waals surface area (Å²) in [6.07, 6.45) is -2.55. The summed E-state index contributed by atoms with van der Waals surface area (Å²) in [6.45, 7) is 3.85. The lowest BCUT2D eigenvalue weighted by atomic mass is 9.88. The molecular formula is C42H44O6. The van der Waals surface area contributed by atoms with Crippen molar-refractivity contribution in [2.24, 2.45) is 0 Å². The van der Waals surface area contributed by atoms with Gasteiger partial charge >= 0.3 is 0 Å². The molecule has 0 saturated carbocycles. The molecule has 0 unspecified atom stereocenters. The molecule has 1 saturated heterocycles. The molecule has 1 aliphatic rings. The van der Waals surface area contributed by atoms with Crippen molar-refractivity contribution < 1.29 is 28.8 Å². The molecule has 0 aliphatic carbocycles. The Morgan fingerprint density at radius 3 is 1.48 bits per heavy atom. The molecule has 0 radical (unpaired) electrons. The third kappa shape index (κ3) is 9.05. The van der Waals surface area contributed by atoms with Gasteiger partial charge in [0.25, 0.3) is 0 Å². The summed E-state index contributed by atoms with van der Waals surface area (Å²) >= 11 is 0. The van der Waals surface area contributed by atoms with Crippen LogP contribution >= 0.6 is 0 Å².